The van der Waals surface area contributed by atoms with E-state index in [-0.39, 0.29) is 51.8 Å². The van der Waals surface area contributed by atoms with Crippen molar-refractivity contribution in [3.05, 3.63) is 12.7 Å². The number of fused-ring (bicyclic) bond motifs is 3. The van der Waals surface area contributed by atoms with Gasteiger partial charge in [-0.2, -0.15) is 0 Å². The molecule has 0 N–H and O–H groups in total. The summed E-state index contributed by atoms with van der Waals surface area (Å²) >= 11 is 0. The van der Waals surface area contributed by atoms with Crippen molar-refractivity contribution >= 4 is 14.5 Å². The smallest absolute Gasteiger partial charge is 0.349 e. The van der Waals surface area contributed by atoms with Crippen molar-refractivity contribution in [1.82, 2.24) is 0 Å². The van der Waals surface area contributed by atoms with Crippen LogP contribution >= 0.6 is 0 Å². The molecule has 3 rings (SSSR count). The van der Waals surface area contributed by atoms with Gasteiger partial charge in [0.05, 0.1) is 19.1 Å². The van der Waals surface area contributed by atoms with Gasteiger partial charge in [-0.3, -0.25) is 4.79 Å². The van der Waals surface area contributed by atoms with Crippen LogP contribution in [0, 0.1) is 11.3 Å². The third kappa shape index (κ3) is 3.22. The van der Waals surface area contributed by atoms with E-state index in [1.54, 1.807) is 0 Å². The van der Waals surface area contributed by atoms with Crippen molar-refractivity contribution in [1.29, 1.82) is 0 Å². The lowest BCUT2D eigenvalue weighted by Crippen LogP contribution is -2.70. The van der Waals surface area contributed by atoms with E-state index in [1.165, 1.54) is 0 Å². The van der Waals surface area contributed by atoms with Gasteiger partial charge in [0, 0.05) is 21.4 Å². The Labute approximate surface area is 165 Å². The topological polar surface area (TPSA) is 54.0 Å². The van der Waals surface area contributed by atoms with Crippen LogP contribution < -0.4 is 0 Å². The lowest BCUT2D eigenvalue weighted by Gasteiger charge is -2.58. The minimum atomic E-state index is -2.64. The van der Waals surface area contributed by atoms with Gasteiger partial charge in [-0.1, -0.05) is 61.5 Å². The SMILES string of the molecule is C=CC(C)(C)[C@H]1O[C@@H]2CO[Si](C(C)(C)C)(C(C)(C)C)O[C@H]2[C@@H]2OC(=O)C[C@@H]21. The van der Waals surface area contributed by atoms with Crippen molar-refractivity contribution in [2.75, 3.05) is 6.61 Å². The molecule has 0 bridgehead atoms. The highest BCUT2D eigenvalue weighted by Gasteiger charge is 2.66. The molecule has 3 fully saturated rings. The van der Waals surface area contributed by atoms with Crippen LogP contribution in [0.5, 0.6) is 0 Å². The van der Waals surface area contributed by atoms with Crippen molar-refractivity contribution in [3.63, 3.8) is 0 Å². The summed E-state index contributed by atoms with van der Waals surface area (Å²) in [4.78, 5) is 12.2. The first kappa shape index (κ1) is 21.0. The van der Waals surface area contributed by atoms with E-state index in [0.29, 0.717) is 13.0 Å². The Kier molecular flexibility index (Phi) is 4.99. The largest absolute Gasteiger partial charge is 0.459 e. The maximum absolute atomic E-state index is 12.2. The molecule has 0 saturated carbocycles. The lowest BCUT2D eigenvalue weighted by molar-refractivity contribution is -0.233. The summed E-state index contributed by atoms with van der Waals surface area (Å²) in [5.41, 5.74) is -0.262. The zero-order chi connectivity index (χ0) is 20.4. The highest BCUT2D eigenvalue weighted by molar-refractivity contribution is 6.73. The number of hydrogen-bond donors (Lipinski definition) is 0. The fourth-order valence-electron chi connectivity index (χ4n) is 5.22. The van der Waals surface area contributed by atoms with Crippen LogP contribution in [0.15, 0.2) is 12.7 Å². The molecule has 0 unspecified atom stereocenters. The summed E-state index contributed by atoms with van der Waals surface area (Å²) in [6.07, 6.45) is 1.37. The number of ether oxygens (including phenoxy) is 2. The maximum Gasteiger partial charge on any atom is 0.349 e. The van der Waals surface area contributed by atoms with Gasteiger partial charge in [0.25, 0.3) is 0 Å². The van der Waals surface area contributed by atoms with Gasteiger partial charge in [0.1, 0.15) is 18.3 Å². The van der Waals surface area contributed by atoms with Crippen molar-refractivity contribution in [2.24, 2.45) is 11.3 Å². The van der Waals surface area contributed by atoms with E-state index in [9.17, 15) is 4.79 Å². The summed E-state index contributed by atoms with van der Waals surface area (Å²) in [5.74, 6) is -0.176. The molecule has 3 saturated heterocycles. The zero-order valence-electron chi connectivity index (χ0n) is 18.1. The molecular weight excluding hydrogens is 360 g/mol. The molecule has 0 aliphatic carbocycles. The summed E-state index contributed by atoms with van der Waals surface area (Å²) < 4.78 is 25.7. The first-order chi connectivity index (χ1) is 12.2. The number of esters is 1. The van der Waals surface area contributed by atoms with Crippen LogP contribution in [-0.4, -0.2) is 45.6 Å². The molecular formula is C21H36O5Si. The fraction of sp³-hybridized carbons (Fsp3) is 0.857. The first-order valence-corrected chi connectivity index (χ1v) is 11.9. The predicted octanol–water partition coefficient (Wildman–Crippen LogP) is 4.36. The third-order valence-corrected chi connectivity index (χ3v) is 11.6. The van der Waals surface area contributed by atoms with Gasteiger partial charge < -0.3 is 18.3 Å². The molecule has 0 amide bonds. The van der Waals surface area contributed by atoms with Crippen LogP contribution in [0.1, 0.15) is 61.8 Å². The molecule has 3 heterocycles. The summed E-state index contributed by atoms with van der Waals surface area (Å²) in [6.45, 7) is 21.8. The summed E-state index contributed by atoms with van der Waals surface area (Å²) in [7, 11) is -2.64. The fourth-order valence-corrected chi connectivity index (χ4v) is 10.2. The second kappa shape index (κ2) is 6.41. The summed E-state index contributed by atoms with van der Waals surface area (Å²) in [5, 5.41) is -0.239. The second-order valence-corrected chi connectivity index (χ2v) is 15.7. The molecule has 154 valence electrons. The van der Waals surface area contributed by atoms with Crippen molar-refractivity contribution < 1.29 is 23.1 Å². The van der Waals surface area contributed by atoms with Crippen LogP contribution in [0.2, 0.25) is 10.1 Å². The summed E-state index contributed by atoms with van der Waals surface area (Å²) in [6, 6.07) is 0. The van der Waals surface area contributed by atoms with E-state index < -0.39 is 8.56 Å². The molecule has 0 spiro atoms. The van der Waals surface area contributed by atoms with E-state index >= 15 is 0 Å². The van der Waals surface area contributed by atoms with Gasteiger partial charge in [-0.25, -0.2) is 0 Å². The van der Waals surface area contributed by atoms with Crippen LogP contribution in [0.3, 0.4) is 0 Å². The molecule has 27 heavy (non-hydrogen) atoms. The van der Waals surface area contributed by atoms with Crippen LogP contribution in [0.25, 0.3) is 0 Å². The van der Waals surface area contributed by atoms with Crippen LogP contribution in [-0.2, 0) is 23.1 Å². The van der Waals surface area contributed by atoms with Crippen molar-refractivity contribution in [3.8, 4) is 0 Å². The van der Waals surface area contributed by atoms with Crippen molar-refractivity contribution in [2.45, 2.75) is 96.3 Å². The highest BCUT2D eigenvalue weighted by atomic mass is 28.4. The lowest BCUT2D eigenvalue weighted by atomic mass is 9.73. The average molecular weight is 397 g/mol. The molecule has 6 heteroatoms. The average Bonchev–Trinajstić information content (AvgIpc) is 2.92. The van der Waals surface area contributed by atoms with Crippen LogP contribution in [0.4, 0.5) is 0 Å². The van der Waals surface area contributed by atoms with Gasteiger partial charge in [0.2, 0.25) is 0 Å². The Morgan fingerprint density at radius 3 is 2.15 bits per heavy atom. The standard InChI is InChI=1S/C21H36O5Si/c1-10-21(8,9)18-13-11-15(22)25-16(13)17-14(24-18)12-23-27(26-17,19(2,3)4)20(5,6)7/h10,13-14,16-18H,1,11-12H2,2-9H3/t13-,14+,16+,17+,18-/m0/s1. The van der Waals surface area contributed by atoms with E-state index in [4.69, 9.17) is 18.3 Å². The Balaban J connectivity index is 1.98. The Morgan fingerprint density at radius 2 is 1.63 bits per heavy atom. The first-order valence-electron chi connectivity index (χ1n) is 10.0. The second-order valence-electron chi connectivity index (χ2n) is 11.0. The molecule has 3 aliphatic rings. The maximum atomic E-state index is 12.2. The van der Waals surface area contributed by atoms with Gasteiger partial charge in [0.15, 0.2) is 0 Å². The van der Waals surface area contributed by atoms with Gasteiger partial charge >= 0.3 is 14.5 Å². The van der Waals surface area contributed by atoms with E-state index in [1.807, 2.05) is 6.08 Å². The molecule has 0 radical (unpaired) electrons. The Morgan fingerprint density at radius 1 is 1.04 bits per heavy atom. The molecule has 0 aromatic heterocycles. The minimum absolute atomic E-state index is 0.0171. The number of carbonyl (C=O) groups is 1. The monoisotopic (exact) mass is 396 g/mol. The zero-order valence-corrected chi connectivity index (χ0v) is 19.1. The highest BCUT2D eigenvalue weighted by Crippen LogP contribution is 2.56. The molecule has 0 aromatic carbocycles. The van der Waals surface area contributed by atoms with Gasteiger partial charge in [-0.15, -0.1) is 6.58 Å². The molecule has 5 atom stereocenters. The Bertz CT molecular complexity index is 601. The van der Waals surface area contributed by atoms with Gasteiger partial charge in [-0.05, 0) is 0 Å². The number of hydrogen-bond acceptors (Lipinski definition) is 5. The van der Waals surface area contributed by atoms with E-state index in [2.05, 4.69) is 62.0 Å². The Hall–Kier alpha value is -0.693. The molecule has 5 nitrogen and oxygen atoms in total. The van der Waals surface area contributed by atoms with E-state index in [0.717, 1.165) is 0 Å². The normalized spacial score (nSPS) is 36.6. The molecule has 0 aromatic rings. The predicted molar refractivity (Wildman–Crippen MR) is 107 cm³/mol. The quantitative estimate of drug-likeness (QED) is 0.394. The third-order valence-electron chi connectivity index (χ3n) is 6.48. The number of rotatable bonds is 2. The minimum Gasteiger partial charge on any atom is -0.459 e. The molecule has 3 aliphatic heterocycles. The number of carbonyl (C=O) groups excluding carboxylic acids is 1.